The number of hydrogen-bond donors (Lipinski definition) is 2. The van der Waals surface area contributed by atoms with Gasteiger partial charge in [-0.05, 0) is 36.6 Å². The molecule has 0 aliphatic heterocycles. The molecule has 1 saturated carbocycles. The topological polar surface area (TPSA) is 100.0 Å². The van der Waals surface area contributed by atoms with Crippen LogP contribution in [0.3, 0.4) is 0 Å². The van der Waals surface area contributed by atoms with Crippen molar-refractivity contribution in [3.05, 3.63) is 58.9 Å². The maximum atomic E-state index is 12.8. The Kier molecular flexibility index (Phi) is 7.13. The highest BCUT2D eigenvalue weighted by atomic mass is 32.2. The Morgan fingerprint density at radius 2 is 1.76 bits per heavy atom. The molecule has 0 saturated heterocycles. The van der Waals surface area contributed by atoms with E-state index in [1.165, 1.54) is 57.4 Å². The van der Waals surface area contributed by atoms with E-state index >= 15 is 0 Å². The molecule has 0 amide bonds. The largest absolute Gasteiger partial charge is 0.628 e. The van der Waals surface area contributed by atoms with Crippen LogP contribution in [0.1, 0.15) is 38.5 Å². The first-order valence-corrected chi connectivity index (χ1v) is 11.5. The van der Waals surface area contributed by atoms with E-state index in [2.05, 4.69) is 5.32 Å². The molecular formula is C21H28N3O4S-. The van der Waals surface area contributed by atoms with Crippen LogP contribution in [-0.4, -0.2) is 22.0 Å². The van der Waals surface area contributed by atoms with Crippen molar-refractivity contribution in [1.29, 1.82) is 0 Å². The molecule has 0 bridgehead atoms. The van der Waals surface area contributed by atoms with Crippen LogP contribution in [0, 0.1) is 16.3 Å². The minimum Gasteiger partial charge on any atom is -0.628 e. The van der Waals surface area contributed by atoms with Crippen molar-refractivity contribution in [3.63, 3.8) is 0 Å². The summed E-state index contributed by atoms with van der Waals surface area (Å²) in [5.41, 5.74) is 0.683. The van der Waals surface area contributed by atoms with Gasteiger partial charge in [-0.3, -0.25) is 4.31 Å². The maximum Gasteiger partial charge on any atom is 0.264 e. The molecule has 3 rings (SSSR count). The molecule has 0 atom stereocenters. The van der Waals surface area contributed by atoms with Gasteiger partial charge in [-0.15, -0.1) is 0 Å². The zero-order chi connectivity index (χ0) is 20.9. The zero-order valence-electron chi connectivity index (χ0n) is 16.6. The van der Waals surface area contributed by atoms with E-state index in [4.69, 9.17) is 0 Å². The van der Waals surface area contributed by atoms with Gasteiger partial charge in [-0.2, -0.15) is 0 Å². The van der Waals surface area contributed by atoms with Crippen molar-refractivity contribution in [2.75, 3.05) is 23.2 Å². The van der Waals surface area contributed by atoms with E-state index < -0.39 is 15.2 Å². The molecule has 0 heterocycles. The highest BCUT2D eigenvalue weighted by Gasteiger charge is 2.22. The fourth-order valence-electron chi connectivity index (χ4n) is 3.83. The van der Waals surface area contributed by atoms with Crippen LogP contribution in [-0.2, 0) is 10.0 Å². The van der Waals surface area contributed by atoms with Crippen molar-refractivity contribution < 1.29 is 13.6 Å². The van der Waals surface area contributed by atoms with Gasteiger partial charge in [0.1, 0.15) is 0 Å². The predicted molar refractivity (Wildman–Crippen MR) is 116 cm³/mol. The summed E-state index contributed by atoms with van der Waals surface area (Å²) >= 11 is 0. The number of benzene rings is 2. The minimum absolute atomic E-state index is 0.0405. The molecule has 0 radical (unpaired) electrons. The molecule has 0 spiro atoms. The smallest absolute Gasteiger partial charge is 0.264 e. The molecule has 1 aliphatic carbocycles. The second kappa shape index (κ2) is 9.58. The summed E-state index contributed by atoms with van der Waals surface area (Å²) in [5.74, 6) is 0.684. The van der Waals surface area contributed by atoms with Crippen molar-refractivity contribution in [2.24, 2.45) is 5.92 Å². The summed E-state index contributed by atoms with van der Waals surface area (Å²) in [5, 5.41) is 25.2. The summed E-state index contributed by atoms with van der Waals surface area (Å²) < 4.78 is 26.7. The number of anilines is 2. The SMILES string of the molecule is CN(c1ccc(NCCC2CCCCC2)c([NH+]([O-])[O-])c1)S(=O)(=O)c1ccccc1. The second-order valence-electron chi connectivity index (χ2n) is 7.52. The van der Waals surface area contributed by atoms with Gasteiger partial charge in [0.2, 0.25) is 0 Å². The molecule has 2 N–H and O–H groups in total. The standard InChI is InChI=1S/C21H28N3O4S/c1-23(29(27,28)19-10-6-3-7-11-19)18-12-13-20(21(16-18)24(25)26)22-15-14-17-8-4-2-5-9-17/h3,6-7,10-13,16-17,22,24H,2,4-5,8-9,14-15H2,1H3/q-1. The van der Waals surface area contributed by atoms with Gasteiger partial charge >= 0.3 is 0 Å². The monoisotopic (exact) mass is 418 g/mol. The summed E-state index contributed by atoms with van der Waals surface area (Å²) in [6.45, 7) is 0.683. The normalized spacial score (nSPS) is 15.4. The third-order valence-corrected chi connectivity index (χ3v) is 7.38. The van der Waals surface area contributed by atoms with Gasteiger partial charge in [0, 0.05) is 19.7 Å². The van der Waals surface area contributed by atoms with Gasteiger partial charge in [0.25, 0.3) is 10.0 Å². The second-order valence-corrected chi connectivity index (χ2v) is 9.49. The highest BCUT2D eigenvalue weighted by molar-refractivity contribution is 7.92. The van der Waals surface area contributed by atoms with Crippen molar-refractivity contribution in [2.45, 2.75) is 43.4 Å². The van der Waals surface area contributed by atoms with E-state index in [1.807, 2.05) is 0 Å². The summed E-state index contributed by atoms with van der Waals surface area (Å²) in [4.78, 5) is 0.146. The van der Waals surface area contributed by atoms with Gasteiger partial charge in [-0.1, -0.05) is 50.3 Å². The van der Waals surface area contributed by atoms with Crippen molar-refractivity contribution in [3.8, 4) is 0 Å². The third kappa shape index (κ3) is 5.27. The molecule has 2 aromatic carbocycles. The molecule has 7 nitrogen and oxygen atoms in total. The van der Waals surface area contributed by atoms with Crippen LogP contribution in [0.4, 0.5) is 17.1 Å². The number of hydrogen-bond acceptors (Lipinski definition) is 5. The Morgan fingerprint density at radius 3 is 2.41 bits per heavy atom. The van der Waals surface area contributed by atoms with Crippen LogP contribution in [0.25, 0.3) is 0 Å². The predicted octanol–water partition coefficient (Wildman–Crippen LogP) is 3.41. The Balaban J connectivity index is 1.75. The molecule has 8 heteroatoms. The first kappa shape index (κ1) is 21.6. The van der Waals surface area contributed by atoms with Crippen LogP contribution in [0.5, 0.6) is 0 Å². The average Bonchev–Trinajstić information content (AvgIpc) is 2.74. The minimum atomic E-state index is -3.78. The summed E-state index contributed by atoms with van der Waals surface area (Å²) in [7, 11) is -2.37. The lowest BCUT2D eigenvalue weighted by Gasteiger charge is -2.29. The number of sulfonamides is 1. The molecule has 29 heavy (non-hydrogen) atoms. The number of rotatable bonds is 8. The maximum absolute atomic E-state index is 12.8. The Hall–Kier alpha value is -2.13. The lowest BCUT2D eigenvalue weighted by molar-refractivity contribution is -0.714. The van der Waals surface area contributed by atoms with Gasteiger partial charge < -0.3 is 21.0 Å². The Bertz CT molecular complexity index is 897. The molecule has 1 aliphatic rings. The van der Waals surface area contributed by atoms with Gasteiger partial charge in [0.05, 0.1) is 16.3 Å². The van der Waals surface area contributed by atoms with E-state index in [-0.39, 0.29) is 16.3 Å². The summed E-state index contributed by atoms with van der Waals surface area (Å²) in [6, 6.07) is 12.6. The average molecular weight is 419 g/mol. The van der Waals surface area contributed by atoms with E-state index in [9.17, 15) is 18.8 Å². The fraction of sp³-hybridized carbons (Fsp3) is 0.429. The van der Waals surface area contributed by atoms with Crippen LogP contribution < -0.4 is 14.8 Å². The highest BCUT2D eigenvalue weighted by Crippen LogP contribution is 2.29. The van der Waals surface area contributed by atoms with Crippen molar-refractivity contribution in [1.82, 2.24) is 0 Å². The lowest BCUT2D eigenvalue weighted by atomic mass is 9.87. The van der Waals surface area contributed by atoms with Crippen LogP contribution >= 0.6 is 0 Å². The molecule has 2 aromatic rings. The summed E-state index contributed by atoms with van der Waals surface area (Å²) in [6.07, 6.45) is 7.31. The molecule has 158 valence electrons. The van der Waals surface area contributed by atoms with E-state index in [0.29, 0.717) is 18.2 Å². The fourth-order valence-corrected chi connectivity index (χ4v) is 5.04. The van der Waals surface area contributed by atoms with Crippen LogP contribution in [0.15, 0.2) is 53.4 Å². The molecular weight excluding hydrogens is 390 g/mol. The van der Waals surface area contributed by atoms with Crippen LogP contribution in [0.2, 0.25) is 0 Å². The van der Waals surface area contributed by atoms with Crippen molar-refractivity contribution >= 4 is 27.1 Å². The number of nitrogens with one attached hydrogen (secondary N) is 2. The zero-order valence-corrected chi connectivity index (χ0v) is 17.5. The first-order valence-electron chi connectivity index (χ1n) is 10.0. The Morgan fingerprint density at radius 1 is 1.07 bits per heavy atom. The quantitative estimate of drug-likeness (QED) is 0.640. The molecule has 1 fully saturated rings. The van der Waals surface area contributed by atoms with E-state index in [0.717, 1.165) is 10.7 Å². The molecule has 0 aromatic heterocycles. The number of quaternary nitrogens is 1. The third-order valence-electron chi connectivity index (χ3n) is 5.58. The van der Waals surface area contributed by atoms with Gasteiger partial charge in [0.15, 0.2) is 5.69 Å². The molecule has 0 unspecified atom stereocenters. The number of nitrogens with zero attached hydrogens (tertiary/aromatic N) is 1. The first-order chi connectivity index (χ1) is 13.9. The van der Waals surface area contributed by atoms with Gasteiger partial charge in [-0.25, -0.2) is 8.42 Å². The Labute approximate surface area is 172 Å². The van der Waals surface area contributed by atoms with E-state index in [1.54, 1.807) is 30.3 Å². The lowest BCUT2D eigenvalue weighted by Crippen LogP contribution is -2.96.